The number of amides is 1. The summed E-state index contributed by atoms with van der Waals surface area (Å²) in [7, 11) is 0. The van der Waals surface area contributed by atoms with Crippen molar-refractivity contribution in [3.63, 3.8) is 0 Å². The van der Waals surface area contributed by atoms with Crippen LogP contribution in [0.5, 0.6) is 0 Å². The third-order valence-corrected chi connectivity index (χ3v) is 4.82. The minimum atomic E-state index is -1.82. The maximum absolute atomic E-state index is 12.2. The minimum absolute atomic E-state index is 0.134. The normalized spacial score (nSPS) is 11.1. The molecule has 2 aromatic rings. The highest BCUT2D eigenvalue weighted by molar-refractivity contribution is 7.14. The van der Waals surface area contributed by atoms with Crippen LogP contribution in [0.25, 0.3) is 0 Å². The molecule has 0 aliphatic heterocycles. The van der Waals surface area contributed by atoms with E-state index in [9.17, 15) is 4.79 Å². The zero-order chi connectivity index (χ0) is 21.1. The van der Waals surface area contributed by atoms with E-state index in [1.54, 1.807) is 11.3 Å². The van der Waals surface area contributed by atoms with E-state index in [0.29, 0.717) is 6.42 Å². The minimum Gasteiger partial charge on any atom is -0.473 e. The van der Waals surface area contributed by atoms with Crippen molar-refractivity contribution in [2.75, 3.05) is 11.4 Å². The van der Waals surface area contributed by atoms with Gasteiger partial charge in [-0.05, 0) is 42.5 Å². The van der Waals surface area contributed by atoms with Crippen LogP contribution in [0.15, 0.2) is 41.8 Å². The summed E-state index contributed by atoms with van der Waals surface area (Å²) in [6.07, 6.45) is 0.528. The van der Waals surface area contributed by atoms with Crippen molar-refractivity contribution >= 4 is 34.2 Å². The Morgan fingerprint density at radius 2 is 1.75 bits per heavy atom. The molecule has 8 heteroatoms. The van der Waals surface area contributed by atoms with Gasteiger partial charge in [0.25, 0.3) is 0 Å². The number of nitrogens with zero attached hydrogens (tertiary/aromatic N) is 1. The van der Waals surface area contributed by atoms with E-state index < -0.39 is 11.9 Å². The van der Waals surface area contributed by atoms with E-state index in [1.165, 1.54) is 11.1 Å². The maximum Gasteiger partial charge on any atom is 0.414 e. The molecule has 0 fully saturated rings. The highest BCUT2D eigenvalue weighted by Gasteiger charge is 2.21. The molecule has 1 aromatic heterocycles. The maximum atomic E-state index is 12.2. The molecule has 1 aromatic carbocycles. The Kier molecular flexibility index (Phi) is 9.91. The Balaban J connectivity index is 0.000000568. The molecule has 0 spiro atoms. The van der Waals surface area contributed by atoms with Gasteiger partial charge >= 0.3 is 11.9 Å². The molecule has 0 aliphatic carbocycles. The van der Waals surface area contributed by atoms with Crippen LogP contribution in [-0.2, 0) is 20.9 Å². The number of hydrogen-bond donors (Lipinski definition) is 3. The number of carbonyl (C=O) groups is 3. The second kappa shape index (κ2) is 11.9. The first-order valence-electron chi connectivity index (χ1n) is 8.84. The van der Waals surface area contributed by atoms with Gasteiger partial charge in [0.05, 0.1) is 5.00 Å². The smallest absolute Gasteiger partial charge is 0.414 e. The number of carboxylic acid groups (broad SMARTS) is 2. The van der Waals surface area contributed by atoms with Gasteiger partial charge in [0, 0.05) is 25.6 Å². The molecule has 1 unspecified atom stereocenters. The van der Waals surface area contributed by atoms with Crippen LogP contribution in [0.4, 0.5) is 5.00 Å². The van der Waals surface area contributed by atoms with Crippen LogP contribution in [0.3, 0.4) is 0 Å². The van der Waals surface area contributed by atoms with Crippen molar-refractivity contribution in [1.29, 1.82) is 0 Å². The van der Waals surface area contributed by atoms with Crippen LogP contribution in [-0.4, -0.2) is 40.6 Å². The van der Waals surface area contributed by atoms with Crippen LogP contribution >= 0.6 is 11.3 Å². The van der Waals surface area contributed by atoms with Crippen molar-refractivity contribution < 1.29 is 24.6 Å². The number of benzene rings is 1. The summed E-state index contributed by atoms with van der Waals surface area (Å²) in [6.45, 7) is 7.74. The predicted octanol–water partition coefficient (Wildman–Crippen LogP) is 3.13. The number of rotatable bonds is 7. The summed E-state index contributed by atoms with van der Waals surface area (Å²) in [5, 5.41) is 21.3. The Morgan fingerprint density at radius 1 is 1.11 bits per heavy atom. The van der Waals surface area contributed by atoms with Gasteiger partial charge < -0.3 is 15.5 Å². The third kappa shape index (κ3) is 7.50. The molecule has 0 radical (unpaired) electrons. The molecule has 0 saturated carbocycles. The Bertz CT molecular complexity index is 765. The molecule has 1 atom stereocenters. The van der Waals surface area contributed by atoms with Gasteiger partial charge in [-0.3, -0.25) is 9.69 Å². The largest absolute Gasteiger partial charge is 0.473 e. The average Bonchev–Trinajstić information content (AvgIpc) is 3.18. The standard InChI is InChI=1S/C18H24N2OS.C2H2O4/c1-4-17(21)20(18-10-7-11-22-18)15(3)12-19-13-16-9-6-5-8-14(16)2;3-1(4)2(5)6/h5-11,15,19H,4,12-13H2,1-3H3;(H,3,4)(H,5,6). The fraction of sp³-hybridized carbons (Fsp3) is 0.350. The summed E-state index contributed by atoms with van der Waals surface area (Å²) < 4.78 is 0. The molecule has 3 N–H and O–H groups in total. The van der Waals surface area contributed by atoms with Gasteiger partial charge in [0.2, 0.25) is 5.91 Å². The van der Waals surface area contributed by atoms with Crippen molar-refractivity contribution in [3.8, 4) is 0 Å². The number of aryl methyl sites for hydroxylation is 1. The van der Waals surface area contributed by atoms with E-state index >= 15 is 0 Å². The molecule has 1 heterocycles. The molecule has 0 saturated heterocycles. The van der Waals surface area contributed by atoms with Gasteiger partial charge in [-0.25, -0.2) is 9.59 Å². The number of thiophene rings is 1. The molecular weight excluding hydrogens is 380 g/mol. The summed E-state index contributed by atoms with van der Waals surface area (Å²) >= 11 is 1.61. The van der Waals surface area contributed by atoms with Crippen molar-refractivity contribution in [1.82, 2.24) is 5.32 Å². The quantitative estimate of drug-likeness (QED) is 0.610. The Hall–Kier alpha value is -2.71. The summed E-state index contributed by atoms with van der Waals surface area (Å²) in [5.74, 6) is -3.47. The van der Waals surface area contributed by atoms with Gasteiger partial charge in [-0.15, -0.1) is 11.3 Å². The second-order valence-corrected chi connectivity index (χ2v) is 7.01. The average molecular weight is 407 g/mol. The lowest BCUT2D eigenvalue weighted by Gasteiger charge is -2.28. The zero-order valence-electron chi connectivity index (χ0n) is 16.2. The molecule has 28 heavy (non-hydrogen) atoms. The van der Waals surface area contributed by atoms with E-state index in [4.69, 9.17) is 19.8 Å². The number of carbonyl (C=O) groups excluding carboxylic acids is 1. The van der Waals surface area contributed by atoms with E-state index in [0.717, 1.165) is 18.1 Å². The van der Waals surface area contributed by atoms with Gasteiger partial charge in [0.1, 0.15) is 0 Å². The van der Waals surface area contributed by atoms with Gasteiger partial charge in [-0.2, -0.15) is 0 Å². The number of aliphatic carboxylic acids is 2. The van der Waals surface area contributed by atoms with Gasteiger partial charge in [0.15, 0.2) is 0 Å². The lowest BCUT2D eigenvalue weighted by molar-refractivity contribution is -0.159. The fourth-order valence-corrected chi connectivity index (χ4v) is 3.33. The van der Waals surface area contributed by atoms with Crippen LogP contribution in [0, 0.1) is 6.92 Å². The summed E-state index contributed by atoms with van der Waals surface area (Å²) in [6, 6.07) is 12.5. The van der Waals surface area contributed by atoms with Crippen LogP contribution < -0.4 is 10.2 Å². The molecular formula is C20H26N2O5S. The predicted molar refractivity (Wildman–Crippen MR) is 110 cm³/mol. The van der Waals surface area contributed by atoms with Crippen LogP contribution in [0.2, 0.25) is 0 Å². The molecule has 2 rings (SSSR count). The Labute approximate surface area is 168 Å². The third-order valence-electron chi connectivity index (χ3n) is 3.95. The SMILES string of the molecule is CCC(=O)N(c1cccs1)C(C)CNCc1ccccc1C.O=C(O)C(=O)O. The highest BCUT2D eigenvalue weighted by Crippen LogP contribution is 2.24. The highest BCUT2D eigenvalue weighted by atomic mass is 32.1. The second-order valence-electron chi connectivity index (χ2n) is 6.09. The number of nitrogens with one attached hydrogen (secondary N) is 1. The summed E-state index contributed by atoms with van der Waals surface area (Å²) in [4.78, 5) is 32.4. The first-order chi connectivity index (χ1) is 13.3. The van der Waals surface area contributed by atoms with Crippen molar-refractivity contribution in [2.45, 2.75) is 39.8 Å². The molecule has 1 amide bonds. The fourth-order valence-electron chi connectivity index (χ4n) is 2.48. The number of carboxylic acids is 2. The Morgan fingerprint density at radius 3 is 2.25 bits per heavy atom. The molecule has 0 aliphatic rings. The summed E-state index contributed by atoms with van der Waals surface area (Å²) in [5.41, 5.74) is 2.60. The zero-order valence-corrected chi connectivity index (χ0v) is 17.0. The van der Waals surface area contributed by atoms with E-state index in [2.05, 4.69) is 43.4 Å². The number of anilines is 1. The van der Waals surface area contributed by atoms with Gasteiger partial charge in [-0.1, -0.05) is 31.2 Å². The van der Waals surface area contributed by atoms with E-state index in [1.807, 2.05) is 29.3 Å². The monoisotopic (exact) mass is 406 g/mol. The molecule has 0 bridgehead atoms. The first kappa shape index (κ1) is 23.3. The first-order valence-corrected chi connectivity index (χ1v) is 9.72. The van der Waals surface area contributed by atoms with Crippen LogP contribution in [0.1, 0.15) is 31.4 Å². The van der Waals surface area contributed by atoms with Crippen molar-refractivity contribution in [2.24, 2.45) is 0 Å². The lowest BCUT2D eigenvalue weighted by atomic mass is 10.1. The lowest BCUT2D eigenvalue weighted by Crippen LogP contribution is -2.43. The number of hydrogen-bond acceptors (Lipinski definition) is 5. The topological polar surface area (TPSA) is 107 Å². The molecule has 7 nitrogen and oxygen atoms in total. The van der Waals surface area contributed by atoms with E-state index in [-0.39, 0.29) is 11.9 Å². The molecule has 152 valence electrons. The van der Waals surface area contributed by atoms with Crippen molar-refractivity contribution in [3.05, 3.63) is 52.9 Å².